The van der Waals surface area contributed by atoms with Crippen LogP contribution in [0.1, 0.15) is 125 Å². The lowest BCUT2D eigenvalue weighted by molar-refractivity contribution is -0.143. The Morgan fingerprint density at radius 1 is 0.441 bits per heavy atom. The molecule has 0 bridgehead atoms. The third kappa shape index (κ3) is 24.5. The van der Waals surface area contributed by atoms with Gasteiger partial charge in [-0.25, -0.2) is 38.9 Å². The molecule has 6 N–H and O–H groups in total. The van der Waals surface area contributed by atoms with Crippen molar-refractivity contribution < 1.29 is 48.1 Å². The van der Waals surface area contributed by atoms with Gasteiger partial charge in [-0.3, -0.25) is 28.0 Å². The predicted molar refractivity (Wildman–Crippen MR) is 559 cm³/mol. The largest absolute Gasteiger partial charge is 0.477 e. The minimum atomic E-state index is -0.985. The van der Waals surface area contributed by atoms with Gasteiger partial charge in [0.2, 0.25) is 17.7 Å². The highest BCUT2D eigenvalue weighted by Gasteiger charge is 2.57. The van der Waals surface area contributed by atoms with Crippen molar-refractivity contribution in [2.45, 2.75) is 113 Å². The first-order chi connectivity index (χ1) is 68.1. The first-order valence-corrected chi connectivity index (χ1v) is 49.8. The van der Waals surface area contributed by atoms with Crippen LogP contribution in [0.3, 0.4) is 0 Å². The molecule has 6 spiro atoms. The summed E-state index contributed by atoms with van der Waals surface area (Å²) in [6, 6.07) is 56.3. The number of fused-ring (bicyclic) bond motifs is 2. The number of halogens is 3. The van der Waals surface area contributed by atoms with Gasteiger partial charge in [0.05, 0.1) is 52.8 Å². The predicted octanol–water partition coefficient (Wildman–Crippen LogP) is 16.2. The van der Waals surface area contributed by atoms with E-state index in [0.717, 1.165) is 171 Å². The van der Waals surface area contributed by atoms with Crippen molar-refractivity contribution in [3.63, 3.8) is 0 Å². The normalized spacial score (nSPS) is 18.1. The molecule has 16 heterocycles. The highest BCUT2D eigenvalue weighted by molar-refractivity contribution is 9.10. The third-order valence-electron chi connectivity index (χ3n) is 27.9. The third-order valence-corrected chi connectivity index (χ3v) is 28.8. The zero-order chi connectivity index (χ0) is 102. The molecule has 748 valence electrons. The number of nitrogens with two attached hydrogens (primary N) is 1. The SMILES string of the molecule is CC(=O)N1CC2(C1)CN(c1ccc(CN)cc1)C2.CC(C)(C)OC(=O)N1CC2(CNC2)C1.CCc1nc2ccc(Cl)cn2c1C(=O)NCc1ccc(N2CC3(CN(C(C)=O)C3)C2)cc1.CCc1nc2ccc(Cl)cn2c1C(=O)O.N#Cc1ccc(Br)cc1.[C-]#[N+]c1ccc(N2CC3(CN(C(=O)OC(C)(C)C)C3)C2)cc1.[C-]#[N+]c1ccc(N2CC3(CN(C(C)=O)C3)C2)cc1.[C-]#[N+]c1ccc(N2CC3(CNC3)C2)cc1. The van der Waals surface area contributed by atoms with Gasteiger partial charge in [0, 0.05) is 269 Å². The van der Waals surface area contributed by atoms with Crippen LogP contribution >= 0.6 is 39.1 Å². The first-order valence-electron chi connectivity index (χ1n) is 48.3. The van der Waals surface area contributed by atoms with Crippen molar-refractivity contribution in [3.8, 4) is 6.07 Å². The summed E-state index contributed by atoms with van der Waals surface area (Å²) in [4.78, 5) is 121. The summed E-state index contributed by atoms with van der Waals surface area (Å²) in [7, 11) is 0. The number of ether oxygens (including phenoxy) is 2. The number of aromatic carboxylic acids is 1. The van der Waals surface area contributed by atoms with Crippen molar-refractivity contribution in [2.24, 2.45) is 38.2 Å². The molecule has 22 rings (SSSR count). The van der Waals surface area contributed by atoms with Crippen molar-refractivity contribution >= 4 is 138 Å². The Labute approximate surface area is 854 Å². The lowest BCUT2D eigenvalue weighted by Crippen LogP contribution is -2.73. The molecule has 12 fully saturated rings. The molecule has 6 amide bonds. The van der Waals surface area contributed by atoms with E-state index < -0.39 is 11.6 Å². The van der Waals surface area contributed by atoms with Gasteiger partial charge in [0.25, 0.3) is 5.91 Å². The number of likely N-dealkylation sites (tertiary alicyclic amines) is 5. The van der Waals surface area contributed by atoms with Crippen LogP contribution in [-0.2, 0) is 49.8 Å². The molecule has 12 aliphatic rings. The van der Waals surface area contributed by atoms with E-state index in [1.54, 1.807) is 77.7 Å². The average Bonchev–Trinajstić information content (AvgIpc) is 1.24. The minimum Gasteiger partial charge on any atom is -0.477 e. The van der Waals surface area contributed by atoms with Gasteiger partial charge in [-0.1, -0.05) is 114 Å². The first kappa shape index (κ1) is 104. The van der Waals surface area contributed by atoms with E-state index in [9.17, 15) is 33.6 Å². The van der Waals surface area contributed by atoms with Crippen molar-refractivity contribution in [1.29, 1.82) is 5.26 Å². The molecule has 143 heavy (non-hydrogen) atoms. The standard InChI is InChI=1S/C24H26ClN5O2.C17H21N3O2.C14H15N3O.C14H19N3O.C12H13N3.C10H9ClN2O2.C10H18N2O2.C7H4BrN/c1-3-20-22(30-11-18(25)6-9-21(30)27-20)23(32)26-10-17-4-7-19(8-5-17)29-14-24(15-29)12-28(13-24)16(2)31;1-16(2,3)22-15(21)20-11-17(12-20)9-19(10-17)14-7-5-13(18-4)6-8-14;1-11(18)16-7-14(8-16)9-17(10-14)13-5-3-12(15-2)4-6-13;1-11(18)16-7-14(8-16)9-17(10-14)13-4-2-12(6-15)3-5-13;1-13-10-2-4-11(5-3-10)15-8-12(9-15)6-14-7-12;1-2-7-9(10(14)15)13-5-6(11)3-4-8(13)12-7;1-9(2,3)14-8(13)12-6-10(7-12)4-11-5-10;8-7-3-1-6(5-9)2-4-7/h4-9,11H,3,10,12-15H2,1-2H3,(H,26,32);5-8H,9-12H2,1-3H3;3-6H,7-10H2,1H3;2-5H,6-10,15H2,1H3;2-5,14H,6-9H2;3-5H,2H2,1H3,(H,14,15);11H,4-7H2,1-3H3;1-4H. The number of amides is 6. The van der Waals surface area contributed by atoms with Crippen LogP contribution in [0.5, 0.6) is 0 Å². The van der Waals surface area contributed by atoms with Crippen LogP contribution in [-0.4, -0.2) is 258 Å². The van der Waals surface area contributed by atoms with E-state index >= 15 is 0 Å². The molecule has 0 unspecified atom stereocenters. The number of nitrogens with zero attached hydrogens (tertiary/aromatic N) is 18. The number of carboxylic acids is 1. The second kappa shape index (κ2) is 43.0. The summed E-state index contributed by atoms with van der Waals surface area (Å²) >= 11 is 15.2. The fourth-order valence-electron chi connectivity index (χ4n) is 20.1. The maximum Gasteiger partial charge on any atom is 0.410 e. The van der Waals surface area contributed by atoms with Gasteiger partial charge in [-0.05, 0) is 175 Å². The van der Waals surface area contributed by atoms with E-state index in [0.29, 0.717) is 97.3 Å². The highest BCUT2D eigenvalue weighted by atomic mass is 79.9. The number of hydrogen-bond acceptors (Lipinski definition) is 20. The maximum atomic E-state index is 12.9. The molecule has 6 aromatic carbocycles. The Kier molecular flexibility index (Phi) is 31.2. The van der Waals surface area contributed by atoms with Crippen LogP contribution in [0.2, 0.25) is 10.0 Å². The molecule has 32 nitrogen and oxygen atoms in total. The topological polar surface area (TPSA) is 324 Å². The average molecular weight is 2040 g/mol. The van der Waals surface area contributed by atoms with E-state index in [2.05, 4.69) is 129 Å². The molecule has 0 radical (unpaired) electrons. The van der Waals surface area contributed by atoms with E-state index in [1.165, 1.54) is 45.8 Å². The minimum absolute atomic E-state index is 0.162. The lowest BCUT2D eigenvalue weighted by atomic mass is 9.72. The Bertz CT molecular complexity index is 6460. The zero-order valence-corrected chi connectivity index (χ0v) is 86.1. The van der Waals surface area contributed by atoms with Gasteiger partial charge in [-0.2, -0.15) is 5.26 Å². The summed E-state index contributed by atoms with van der Waals surface area (Å²) < 4.78 is 14.9. The molecule has 12 aliphatic heterocycles. The Hall–Kier alpha value is -13.5. The number of nitrogens with one attached hydrogen (secondary N) is 3. The molecule has 0 aliphatic carbocycles. The monoisotopic (exact) mass is 2040 g/mol. The molecular weight excluding hydrogens is 1920 g/mol. The van der Waals surface area contributed by atoms with Crippen LogP contribution in [0.15, 0.2) is 187 Å². The Balaban J connectivity index is 0.000000126. The van der Waals surface area contributed by atoms with E-state index in [1.807, 2.05) is 167 Å². The van der Waals surface area contributed by atoms with Gasteiger partial charge >= 0.3 is 18.2 Å². The number of carboxylic acid groups (broad SMARTS) is 1. The molecule has 12 saturated heterocycles. The molecule has 4 aromatic heterocycles. The number of aromatic nitrogens is 4. The fraction of sp³-hybridized carbons (Fsp3) is 0.435. The van der Waals surface area contributed by atoms with E-state index in [4.69, 9.17) is 68.5 Å². The maximum absolute atomic E-state index is 12.9. The van der Waals surface area contributed by atoms with Crippen molar-refractivity contribution in [1.82, 2.24) is 59.2 Å². The molecule has 0 saturated carbocycles. The van der Waals surface area contributed by atoms with Crippen LogP contribution in [0.4, 0.5) is 55.1 Å². The summed E-state index contributed by atoms with van der Waals surface area (Å²) in [6.45, 7) is 65.4. The number of aryl methyl sites for hydroxylation is 2. The molecule has 35 heteroatoms. The smallest absolute Gasteiger partial charge is 0.410 e. The molecule has 0 atom stereocenters. The van der Waals surface area contributed by atoms with Crippen molar-refractivity contribution in [2.75, 3.05) is 182 Å². The number of carbonyl (C=O) groups excluding carboxylic acids is 6. The van der Waals surface area contributed by atoms with Gasteiger partial charge < -0.3 is 85.3 Å². The number of carbonyl (C=O) groups is 7. The zero-order valence-electron chi connectivity index (χ0n) is 83.0. The van der Waals surface area contributed by atoms with E-state index in [-0.39, 0.29) is 57.9 Å². The van der Waals surface area contributed by atoms with Crippen LogP contribution < -0.4 is 46.2 Å². The number of benzene rings is 6. The highest BCUT2D eigenvalue weighted by Crippen LogP contribution is 2.47. The summed E-state index contributed by atoms with van der Waals surface area (Å²) in [6.07, 6.45) is 4.16. The van der Waals surface area contributed by atoms with Crippen LogP contribution in [0, 0.1) is 63.5 Å². The number of anilines is 5. The number of hydrogen-bond donors (Lipinski definition) is 5. The number of pyridine rings is 2. The fourth-order valence-corrected chi connectivity index (χ4v) is 20.7. The number of rotatable bonds is 12. The second-order valence-electron chi connectivity index (χ2n) is 42.0. The van der Waals surface area contributed by atoms with Gasteiger partial charge in [-0.15, -0.1) is 0 Å². The summed E-state index contributed by atoms with van der Waals surface area (Å²) in [5.41, 5.74) is 21.3. The second-order valence-corrected chi connectivity index (χ2v) is 43.8. The quantitative estimate of drug-likeness (QED) is 0.0710. The Morgan fingerprint density at radius 3 is 1.02 bits per heavy atom. The van der Waals surface area contributed by atoms with Crippen LogP contribution in [0.25, 0.3) is 25.8 Å². The van der Waals surface area contributed by atoms with Gasteiger partial charge in [0.15, 0.2) is 22.8 Å². The number of imidazole rings is 2. The molecule has 10 aromatic rings. The summed E-state index contributed by atoms with van der Waals surface area (Å²) in [5, 5.41) is 28.1. The molecular formula is C108H125BrCl2N22O10. The Morgan fingerprint density at radius 2 is 0.734 bits per heavy atom. The lowest BCUT2D eigenvalue weighted by Gasteiger charge is -2.60. The van der Waals surface area contributed by atoms with Crippen molar-refractivity contribution in [3.05, 3.63) is 270 Å². The van der Waals surface area contributed by atoms with Gasteiger partial charge in [0.1, 0.15) is 28.2 Å². The summed E-state index contributed by atoms with van der Waals surface area (Å²) in [5.74, 6) is -0.600. The number of nitriles is 1.